The summed E-state index contributed by atoms with van der Waals surface area (Å²) in [7, 11) is 0. The van der Waals surface area contributed by atoms with Crippen molar-refractivity contribution in [2.45, 2.75) is 27.7 Å². The van der Waals surface area contributed by atoms with E-state index in [1.807, 2.05) is 0 Å². The first kappa shape index (κ1) is 56.6. The molecule has 0 radical (unpaired) electrons. The summed E-state index contributed by atoms with van der Waals surface area (Å²) in [6, 6.07) is -2.25. The van der Waals surface area contributed by atoms with Gasteiger partial charge >= 0.3 is 12.7 Å². The van der Waals surface area contributed by atoms with Gasteiger partial charge in [0.25, 0.3) is 0 Å². The van der Waals surface area contributed by atoms with Crippen LogP contribution in [-0.2, 0) is 8.57 Å². The molecule has 2 nitrogen and oxygen atoms in total. The highest BCUT2D eigenvalue weighted by molar-refractivity contribution is 7.08. The fourth-order valence-corrected chi connectivity index (χ4v) is 8.97. The van der Waals surface area contributed by atoms with Gasteiger partial charge in [-0.1, -0.05) is 0 Å². The molecule has 0 aliphatic carbocycles. The molecule has 28 heteroatoms. The molecule has 0 amide bonds. The van der Waals surface area contributed by atoms with Crippen LogP contribution in [0, 0.1) is 140 Å². The summed E-state index contributed by atoms with van der Waals surface area (Å²) in [6.07, 6.45) is -10.4. The Labute approximate surface area is 389 Å². The number of halogens is 24. The first-order valence-electron chi connectivity index (χ1n) is 20.2. The number of hydrogen-bond donors (Lipinski definition) is 0. The Morgan fingerprint density at radius 1 is 0.222 bits per heavy atom. The molecule has 0 unspecified atom stereocenters. The third-order valence-corrected chi connectivity index (χ3v) is 11.8. The maximum atomic E-state index is 15.2. The van der Waals surface area contributed by atoms with Crippen LogP contribution in [0.1, 0.15) is 27.7 Å². The molecule has 0 N–H and O–H groups in total. The number of hydrogen-bond acceptors (Lipinski definition) is 0. The van der Waals surface area contributed by atoms with Gasteiger partial charge in [-0.2, -0.15) is 0 Å². The molecule has 0 fully saturated rings. The predicted octanol–water partition coefficient (Wildman–Crippen LogP) is 9.83. The Kier molecular flexibility index (Phi) is 16.5. The number of benzene rings is 6. The van der Waals surface area contributed by atoms with Gasteiger partial charge in [0.05, 0.1) is 26.4 Å². The summed E-state index contributed by atoms with van der Waals surface area (Å²) in [4.78, 5) is 0. The zero-order chi connectivity index (χ0) is 54.5. The van der Waals surface area contributed by atoms with Gasteiger partial charge in [-0.3, -0.25) is 0 Å². The average molecular weight is 1060 g/mol. The summed E-state index contributed by atoms with van der Waals surface area (Å²) in [5, 5.41) is 0. The Balaban J connectivity index is 0.000000267. The van der Waals surface area contributed by atoms with Crippen molar-refractivity contribution in [3.05, 3.63) is 176 Å². The minimum absolute atomic E-state index is 0.375. The third-order valence-electron chi connectivity index (χ3n) is 11.8. The lowest BCUT2D eigenvalue weighted by atomic mass is 9.27. The zero-order valence-electron chi connectivity index (χ0n) is 36.3. The molecule has 6 aromatic rings. The van der Waals surface area contributed by atoms with Gasteiger partial charge < -0.3 is 8.57 Å². The van der Waals surface area contributed by atoms with Crippen LogP contribution in [0.5, 0.6) is 0 Å². The van der Waals surface area contributed by atoms with E-state index in [-0.39, 0.29) is 36.4 Å². The fourth-order valence-electron chi connectivity index (χ4n) is 8.97. The standard InChI is InChI=1S/2C22H13BF12O/c2*1-3-36(4-2)23(14-17(30)8(24)5-9(25)18(14)31,15-19(32)10(26)6-11(27)20(15)33)16-21(34)12(28)7-13(29)22(16)35/h2*5-7H,3-4H2,1-2H3. The Morgan fingerprint density at radius 2 is 0.319 bits per heavy atom. The van der Waals surface area contributed by atoms with Crippen LogP contribution >= 0.6 is 0 Å². The second-order valence-electron chi connectivity index (χ2n) is 15.1. The molecule has 0 bridgehead atoms. The van der Waals surface area contributed by atoms with Crippen molar-refractivity contribution < 1.29 is 114 Å². The molecule has 0 heterocycles. The summed E-state index contributed by atoms with van der Waals surface area (Å²) in [6.45, 7) is 0.812. The lowest BCUT2D eigenvalue weighted by Crippen LogP contribution is -2.78. The molecule has 0 aliphatic heterocycles. The SMILES string of the molecule is CC[O+](CC)[B-](c1c(F)c(F)cc(F)c1F)(c1c(F)c(F)cc(F)c1F)c1c(F)c(F)cc(F)c1F.CC[O+](CC)[B-](c1c(F)c(F)cc(F)c1F)(c1c(F)c(F)cc(F)c1F)c1c(F)c(F)cc(F)c1F. The largest absolute Gasteiger partial charge is 0.660 e. The summed E-state index contributed by atoms with van der Waals surface area (Å²) >= 11 is 0. The summed E-state index contributed by atoms with van der Waals surface area (Å²) in [5.74, 6) is -57.3. The van der Waals surface area contributed by atoms with Crippen LogP contribution in [-0.4, -0.2) is 39.1 Å². The van der Waals surface area contributed by atoms with Crippen LogP contribution in [0.3, 0.4) is 0 Å². The van der Waals surface area contributed by atoms with Crippen LogP contribution < -0.4 is 32.8 Å². The van der Waals surface area contributed by atoms with Crippen LogP contribution in [0.15, 0.2) is 36.4 Å². The van der Waals surface area contributed by atoms with Crippen molar-refractivity contribution in [1.82, 2.24) is 0 Å². The second kappa shape index (κ2) is 21.0. The highest BCUT2D eigenvalue weighted by Crippen LogP contribution is 2.31. The molecule has 0 saturated carbocycles. The highest BCUT2D eigenvalue weighted by Gasteiger charge is 2.59. The predicted molar refractivity (Wildman–Crippen MR) is 211 cm³/mol. The van der Waals surface area contributed by atoms with Gasteiger partial charge in [0.15, 0.2) is 69.8 Å². The topological polar surface area (TPSA) is 5.40 Å². The van der Waals surface area contributed by atoms with E-state index in [0.717, 1.165) is 27.7 Å². The van der Waals surface area contributed by atoms with E-state index in [0.29, 0.717) is 0 Å². The minimum atomic E-state index is -5.19. The molecule has 6 aromatic carbocycles. The quantitative estimate of drug-likeness (QED) is 0.0499. The van der Waals surface area contributed by atoms with Crippen LogP contribution in [0.2, 0.25) is 0 Å². The second-order valence-corrected chi connectivity index (χ2v) is 15.1. The van der Waals surface area contributed by atoms with E-state index in [1.165, 1.54) is 8.57 Å². The molecule has 0 aliphatic rings. The van der Waals surface area contributed by atoms with Crippen molar-refractivity contribution in [2.24, 2.45) is 0 Å². The van der Waals surface area contributed by atoms with Gasteiger partial charge in [0, 0.05) is 36.4 Å². The molecular formula is C44H26B2F24O2. The van der Waals surface area contributed by atoms with Gasteiger partial charge in [-0.05, 0) is 60.5 Å². The number of rotatable bonds is 12. The van der Waals surface area contributed by atoms with Crippen molar-refractivity contribution in [3.63, 3.8) is 0 Å². The van der Waals surface area contributed by atoms with E-state index in [9.17, 15) is 52.7 Å². The minimum Gasteiger partial charge on any atom is -0.660 e. The molecule has 0 atom stereocenters. The smallest absolute Gasteiger partial charge is 0.394 e. The molecule has 0 aromatic heterocycles. The average Bonchev–Trinajstić information content (AvgIpc) is 3.31. The fraction of sp³-hybridized carbons (Fsp3) is 0.182. The lowest BCUT2D eigenvalue weighted by molar-refractivity contribution is 0.0207. The van der Waals surface area contributed by atoms with Gasteiger partial charge in [0.1, 0.15) is 69.8 Å². The first-order chi connectivity index (χ1) is 33.5. The van der Waals surface area contributed by atoms with Crippen molar-refractivity contribution in [3.8, 4) is 0 Å². The molecule has 0 saturated heterocycles. The molecular weight excluding hydrogens is 1040 g/mol. The van der Waals surface area contributed by atoms with E-state index in [2.05, 4.69) is 0 Å². The zero-order valence-corrected chi connectivity index (χ0v) is 36.3. The maximum Gasteiger partial charge on any atom is 0.394 e. The Morgan fingerprint density at radius 3 is 0.403 bits per heavy atom. The van der Waals surface area contributed by atoms with Gasteiger partial charge in [-0.15, -0.1) is 0 Å². The van der Waals surface area contributed by atoms with Crippen LogP contribution in [0.4, 0.5) is 105 Å². The van der Waals surface area contributed by atoms with Gasteiger partial charge in [-0.25, -0.2) is 105 Å². The van der Waals surface area contributed by atoms with Crippen molar-refractivity contribution in [1.29, 1.82) is 0 Å². The Bertz CT molecular complexity index is 2450. The van der Waals surface area contributed by atoms with E-state index in [1.54, 1.807) is 0 Å². The van der Waals surface area contributed by atoms with E-state index >= 15 is 52.7 Å². The maximum absolute atomic E-state index is 15.2. The van der Waals surface area contributed by atoms with Crippen molar-refractivity contribution >= 4 is 45.5 Å². The van der Waals surface area contributed by atoms with Crippen molar-refractivity contribution in [2.75, 3.05) is 26.4 Å². The molecule has 0 spiro atoms. The van der Waals surface area contributed by atoms with Gasteiger partial charge in [0.2, 0.25) is 0 Å². The van der Waals surface area contributed by atoms with E-state index in [4.69, 9.17) is 0 Å². The first-order valence-corrected chi connectivity index (χ1v) is 20.2. The molecule has 388 valence electrons. The van der Waals surface area contributed by atoms with E-state index < -0.39 is 212 Å². The third kappa shape index (κ3) is 8.69. The normalized spacial score (nSPS) is 12.1. The molecule has 72 heavy (non-hydrogen) atoms. The summed E-state index contributed by atoms with van der Waals surface area (Å²) < 4.78 is 357. The monoisotopic (exact) mass is 1060 g/mol. The highest BCUT2D eigenvalue weighted by atomic mass is 19.2. The summed E-state index contributed by atoms with van der Waals surface area (Å²) in [5.41, 5.74) is -13.2. The van der Waals surface area contributed by atoms with Crippen LogP contribution in [0.25, 0.3) is 0 Å². The molecule has 6 rings (SSSR count). The Hall–Kier alpha value is -6.31. The lowest BCUT2D eigenvalue weighted by Gasteiger charge is -2.48.